The van der Waals surface area contributed by atoms with E-state index in [9.17, 15) is 9.18 Å². The molecule has 0 bridgehead atoms. The lowest BCUT2D eigenvalue weighted by Gasteiger charge is -2.27. The van der Waals surface area contributed by atoms with Gasteiger partial charge in [0.05, 0.1) is 18.3 Å². The minimum Gasteiger partial charge on any atom is -0.494 e. The van der Waals surface area contributed by atoms with Crippen molar-refractivity contribution in [1.29, 1.82) is 0 Å². The van der Waals surface area contributed by atoms with Crippen molar-refractivity contribution < 1.29 is 18.7 Å². The number of carbonyl (C=O) groups is 1. The van der Waals surface area contributed by atoms with Gasteiger partial charge in [0.2, 0.25) is 10.3 Å². The van der Waals surface area contributed by atoms with Crippen LogP contribution in [0.3, 0.4) is 0 Å². The lowest BCUT2D eigenvalue weighted by molar-refractivity contribution is -0.126. The van der Waals surface area contributed by atoms with Crippen molar-refractivity contribution in [3.05, 3.63) is 53.6 Å². The van der Waals surface area contributed by atoms with Crippen LogP contribution in [0.2, 0.25) is 0 Å². The second-order valence-electron chi connectivity index (χ2n) is 7.15. The lowest BCUT2D eigenvalue weighted by atomic mass is 9.94. The Hall–Kier alpha value is -3.22. The number of hydrogen-bond donors (Lipinski definition) is 3. The highest BCUT2D eigenvalue weighted by Gasteiger charge is 2.38. The third-order valence-electron chi connectivity index (χ3n) is 5.17. The number of benzene rings is 1. The number of nitrogens with one attached hydrogen (secondary N) is 3. The molecule has 3 aromatic rings. The molecular formula is C20H22FN7O3S. The largest absolute Gasteiger partial charge is 0.494 e. The number of carbonyl (C=O) groups excluding carboxylic acids is 1. The summed E-state index contributed by atoms with van der Waals surface area (Å²) in [6.45, 7) is 1.48. The van der Waals surface area contributed by atoms with Crippen molar-refractivity contribution in [2.45, 2.75) is 18.1 Å². The van der Waals surface area contributed by atoms with Gasteiger partial charge in [-0.1, -0.05) is 17.4 Å². The lowest BCUT2D eigenvalue weighted by Crippen LogP contribution is -2.38. The first-order chi connectivity index (χ1) is 15.5. The number of aromatic nitrogens is 4. The molecule has 0 radical (unpaired) electrons. The molecule has 1 amide bonds. The summed E-state index contributed by atoms with van der Waals surface area (Å²) < 4.78 is 24.0. The van der Waals surface area contributed by atoms with Crippen molar-refractivity contribution in [1.82, 2.24) is 25.7 Å². The van der Waals surface area contributed by atoms with Crippen LogP contribution in [0.1, 0.15) is 23.8 Å². The SMILES string of the molecule is COc1cc([C@H](OC)C(=O)Nc2nnc(NC3(c4cccnn4)CCNC3)s2)ccc1F. The predicted molar refractivity (Wildman–Crippen MR) is 116 cm³/mol. The van der Waals surface area contributed by atoms with Crippen LogP contribution in [0.25, 0.3) is 0 Å². The van der Waals surface area contributed by atoms with E-state index in [1.165, 1.54) is 43.8 Å². The van der Waals surface area contributed by atoms with E-state index in [0.29, 0.717) is 22.4 Å². The summed E-state index contributed by atoms with van der Waals surface area (Å²) in [7, 11) is 2.75. The molecule has 1 saturated heterocycles. The van der Waals surface area contributed by atoms with Gasteiger partial charge < -0.3 is 20.1 Å². The van der Waals surface area contributed by atoms with E-state index in [1.54, 1.807) is 6.20 Å². The molecule has 2 aromatic heterocycles. The first kappa shape index (κ1) is 22.0. The maximum absolute atomic E-state index is 13.7. The molecular weight excluding hydrogens is 437 g/mol. The summed E-state index contributed by atoms with van der Waals surface area (Å²) in [6.07, 6.45) is 1.45. The second-order valence-corrected chi connectivity index (χ2v) is 8.13. The molecule has 0 spiro atoms. The Morgan fingerprint density at radius 1 is 1.25 bits per heavy atom. The van der Waals surface area contributed by atoms with E-state index in [4.69, 9.17) is 9.47 Å². The van der Waals surface area contributed by atoms with Crippen molar-refractivity contribution in [2.24, 2.45) is 0 Å². The van der Waals surface area contributed by atoms with Crippen LogP contribution in [-0.4, -0.2) is 53.6 Å². The van der Waals surface area contributed by atoms with Gasteiger partial charge >= 0.3 is 0 Å². The molecule has 32 heavy (non-hydrogen) atoms. The van der Waals surface area contributed by atoms with Gasteiger partial charge in [-0.15, -0.1) is 10.2 Å². The Labute approximate surface area is 187 Å². The average Bonchev–Trinajstić information content (AvgIpc) is 3.46. The fourth-order valence-corrected chi connectivity index (χ4v) is 4.32. The van der Waals surface area contributed by atoms with Gasteiger partial charge in [-0.3, -0.25) is 10.1 Å². The first-order valence-electron chi connectivity index (χ1n) is 9.82. The zero-order valence-corrected chi connectivity index (χ0v) is 18.3. The predicted octanol–water partition coefficient (Wildman–Crippen LogP) is 2.10. The Bertz CT molecular complexity index is 1080. The van der Waals surface area contributed by atoms with Gasteiger partial charge in [0.1, 0.15) is 0 Å². The fraction of sp³-hybridized carbons (Fsp3) is 0.350. The molecule has 1 aliphatic heterocycles. The van der Waals surface area contributed by atoms with Crippen LogP contribution in [0.5, 0.6) is 5.75 Å². The maximum atomic E-state index is 13.7. The number of methoxy groups -OCH3 is 2. The van der Waals surface area contributed by atoms with E-state index in [1.807, 2.05) is 12.1 Å². The van der Waals surface area contributed by atoms with Crippen molar-refractivity contribution >= 4 is 27.5 Å². The van der Waals surface area contributed by atoms with Crippen LogP contribution in [-0.2, 0) is 15.1 Å². The zero-order chi connectivity index (χ0) is 22.6. The van der Waals surface area contributed by atoms with Gasteiger partial charge in [0.25, 0.3) is 5.91 Å². The average molecular weight is 460 g/mol. The van der Waals surface area contributed by atoms with Crippen LogP contribution in [0, 0.1) is 5.82 Å². The Balaban J connectivity index is 1.48. The summed E-state index contributed by atoms with van der Waals surface area (Å²) in [5.41, 5.74) is 0.787. The summed E-state index contributed by atoms with van der Waals surface area (Å²) in [4.78, 5) is 12.8. The highest BCUT2D eigenvalue weighted by molar-refractivity contribution is 7.19. The maximum Gasteiger partial charge on any atom is 0.259 e. The highest BCUT2D eigenvalue weighted by atomic mass is 32.1. The molecule has 2 atom stereocenters. The standard InChI is InChI=1S/C20H22FN7O3S/c1-30-14-10-12(5-6-13(14)21)16(31-2)17(29)24-18-27-28-19(32-18)25-20(7-9-22-11-20)15-4-3-8-23-26-15/h3-6,8,10,16,22H,7,9,11H2,1-2H3,(H,25,28)(H,24,27,29)/t16-,20?/m0/s1. The normalized spacial score (nSPS) is 18.8. The number of ether oxygens (including phenoxy) is 2. The van der Waals surface area contributed by atoms with Gasteiger partial charge in [-0.05, 0) is 42.8 Å². The minimum atomic E-state index is -0.977. The molecule has 1 fully saturated rings. The van der Waals surface area contributed by atoms with Gasteiger partial charge in [-0.25, -0.2) is 4.39 Å². The third kappa shape index (κ3) is 4.52. The van der Waals surface area contributed by atoms with Crippen molar-refractivity contribution in [3.8, 4) is 5.75 Å². The molecule has 1 aromatic carbocycles. The highest BCUT2D eigenvalue weighted by Crippen LogP contribution is 2.33. The van der Waals surface area contributed by atoms with Gasteiger partial charge in [0, 0.05) is 19.9 Å². The van der Waals surface area contributed by atoms with E-state index < -0.39 is 23.4 Å². The van der Waals surface area contributed by atoms with Crippen LogP contribution >= 0.6 is 11.3 Å². The number of anilines is 2. The number of amides is 1. The van der Waals surface area contributed by atoms with Crippen LogP contribution < -0.4 is 20.7 Å². The number of hydrogen-bond acceptors (Lipinski definition) is 10. The number of rotatable bonds is 8. The molecule has 3 heterocycles. The number of nitrogens with zero attached hydrogens (tertiary/aromatic N) is 4. The molecule has 12 heteroatoms. The summed E-state index contributed by atoms with van der Waals surface area (Å²) >= 11 is 1.19. The smallest absolute Gasteiger partial charge is 0.259 e. The molecule has 10 nitrogen and oxygen atoms in total. The van der Waals surface area contributed by atoms with E-state index >= 15 is 0 Å². The molecule has 3 N–H and O–H groups in total. The van der Waals surface area contributed by atoms with E-state index in [-0.39, 0.29) is 5.75 Å². The molecule has 4 rings (SSSR count). The summed E-state index contributed by atoms with van der Waals surface area (Å²) in [5, 5.41) is 26.7. The Morgan fingerprint density at radius 2 is 2.09 bits per heavy atom. The minimum absolute atomic E-state index is 0.0271. The Morgan fingerprint density at radius 3 is 2.78 bits per heavy atom. The fourth-order valence-electron chi connectivity index (χ4n) is 3.57. The first-order valence-corrected chi connectivity index (χ1v) is 10.6. The molecule has 0 aliphatic carbocycles. The summed E-state index contributed by atoms with van der Waals surface area (Å²) in [5.74, 6) is -0.959. The van der Waals surface area contributed by atoms with Crippen LogP contribution in [0.15, 0.2) is 36.5 Å². The molecule has 168 valence electrons. The van der Waals surface area contributed by atoms with Gasteiger partial charge in [0.15, 0.2) is 17.7 Å². The van der Waals surface area contributed by atoms with E-state index in [2.05, 4.69) is 36.3 Å². The topological polar surface area (TPSA) is 123 Å². The van der Waals surface area contributed by atoms with Crippen molar-refractivity contribution in [2.75, 3.05) is 37.9 Å². The monoisotopic (exact) mass is 459 g/mol. The van der Waals surface area contributed by atoms with Gasteiger partial charge in [-0.2, -0.15) is 10.2 Å². The quantitative estimate of drug-likeness (QED) is 0.465. The second kappa shape index (κ2) is 9.51. The summed E-state index contributed by atoms with van der Waals surface area (Å²) in [6, 6.07) is 7.87. The zero-order valence-electron chi connectivity index (χ0n) is 17.5. The third-order valence-corrected chi connectivity index (χ3v) is 5.93. The van der Waals surface area contributed by atoms with Crippen LogP contribution in [0.4, 0.5) is 14.7 Å². The molecule has 1 unspecified atom stereocenters. The number of halogens is 1. The Kier molecular flexibility index (Phi) is 6.53. The molecule has 1 aliphatic rings. The molecule has 0 saturated carbocycles. The van der Waals surface area contributed by atoms with E-state index in [0.717, 1.165) is 18.7 Å². The van der Waals surface area contributed by atoms with Crippen molar-refractivity contribution in [3.63, 3.8) is 0 Å².